The molecule has 23 heavy (non-hydrogen) atoms. The molecule has 2 aromatic rings. The number of aryl methyl sites for hydroxylation is 1. The zero-order valence-corrected chi connectivity index (χ0v) is 12.0. The molecule has 0 aliphatic rings. The van der Waals surface area contributed by atoms with Gasteiger partial charge in [-0.25, -0.2) is 0 Å². The van der Waals surface area contributed by atoms with Gasteiger partial charge < -0.3 is 15.3 Å². The van der Waals surface area contributed by atoms with Crippen molar-refractivity contribution in [2.75, 3.05) is 0 Å². The zero-order valence-electron chi connectivity index (χ0n) is 12.0. The standard InChI is InChI=1S/C14H12N4O5/c1-7-3-10(14(21)11(4-7)18(22)23)17-16-9-5-8(15-2)12(19)6-13(9)20/h3-6,19-21H,2H2,1H3. The van der Waals surface area contributed by atoms with Gasteiger partial charge in [-0.2, -0.15) is 0 Å². The fourth-order valence-corrected chi connectivity index (χ4v) is 1.83. The molecule has 9 nitrogen and oxygen atoms in total. The number of nitrogens with zero attached hydrogens (tertiary/aromatic N) is 4. The summed E-state index contributed by atoms with van der Waals surface area (Å²) in [7, 11) is 0. The van der Waals surface area contributed by atoms with Crippen LogP contribution in [-0.2, 0) is 0 Å². The fraction of sp³-hybridized carbons (Fsp3) is 0.0714. The van der Waals surface area contributed by atoms with Crippen molar-refractivity contribution in [2.45, 2.75) is 6.92 Å². The minimum atomic E-state index is -0.737. The van der Waals surface area contributed by atoms with Crippen LogP contribution >= 0.6 is 0 Å². The third-order valence-electron chi connectivity index (χ3n) is 2.92. The molecular formula is C14H12N4O5. The normalized spacial score (nSPS) is 10.8. The molecular weight excluding hydrogens is 304 g/mol. The van der Waals surface area contributed by atoms with Crippen LogP contribution in [0, 0.1) is 17.0 Å². The second-order valence-corrected chi connectivity index (χ2v) is 4.60. The first-order valence-electron chi connectivity index (χ1n) is 6.26. The summed E-state index contributed by atoms with van der Waals surface area (Å²) in [6.45, 7) is 4.86. The number of nitro benzene ring substituents is 1. The maximum Gasteiger partial charge on any atom is 0.313 e. The number of azo groups is 1. The van der Waals surface area contributed by atoms with Gasteiger partial charge in [0.25, 0.3) is 0 Å². The summed E-state index contributed by atoms with van der Waals surface area (Å²) < 4.78 is 0. The van der Waals surface area contributed by atoms with E-state index in [1.165, 1.54) is 18.2 Å². The molecule has 0 aliphatic carbocycles. The number of rotatable bonds is 4. The van der Waals surface area contributed by atoms with Crippen LogP contribution in [0.1, 0.15) is 5.56 Å². The lowest BCUT2D eigenvalue weighted by Gasteiger charge is -2.04. The van der Waals surface area contributed by atoms with E-state index >= 15 is 0 Å². The number of phenols is 3. The minimum Gasteiger partial charge on any atom is -0.506 e. The van der Waals surface area contributed by atoms with Crippen molar-refractivity contribution in [3.63, 3.8) is 0 Å². The van der Waals surface area contributed by atoms with E-state index in [0.717, 1.165) is 6.07 Å². The second-order valence-electron chi connectivity index (χ2n) is 4.60. The number of nitro groups is 1. The Labute approximate surface area is 130 Å². The van der Waals surface area contributed by atoms with E-state index in [4.69, 9.17) is 0 Å². The third-order valence-corrected chi connectivity index (χ3v) is 2.92. The Hall–Kier alpha value is -3.49. The molecule has 0 atom stereocenters. The molecule has 0 heterocycles. The summed E-state index contributed by atoms with van der Waals surface area (Å²) in [6, 6.07) is 4.83. The van der Waals surface area contributed by atoms with Crippen LogP contribution in [0.25, 0.3) is 0 Å². The van der Waals surface area contributed by atoms with Gasteiger partial charge in [0.2, 0.25) is 5.75 Å². The number of hydrogen-bond acceptors (Lipinski definition) is 8. The summed E-state index contributed by atoms with van der Waals surface area (Å²) in [5, 5.41) is 47.4. The molecule has 0 spiro atoms. The average molecular weight is 316 g/mol. The third kappa shape index (κ3) is 3.23. The first-order chi connectivity index (χ1) is 10.8. The molecule has 0 aromatic heterocycles. The van der Waals surface area contributed by atoms with Gasteiger partial charge in [0.1, 0.15) is 28.6 Å². The van der Waals surface area contributed by atoms with Gasteiger partial charge in [0, 0.05) is 12.1 Å². The maximum atomic E-state index is 10.9. The Kier molecular flexibility index (Phi) is 4.21. The van der Waals surface area contributed by atoms with Crippen LogP contribution in [-0.4, -0.2) is 27.0 Å². The summed E-state index contributed by atoms with van der Waals surface area (Å²) in [4.78, 5) is 13.7. The first kappa shape index (κ1) is 15.9. The molecule has 2 aromatic carbocycles. The Morgan fingerprint density at radius 2 is 1.61 bits per heavy atom. The molecule has 118 valence electrons. The van der Waals surface area contributed by atoms with E-state index in [1.54, 1.807) is 6.92 Å². The average Bonchev–Trinajstić information content (AvgIpc) is 2.49. The topological polar surface area (TPSA) is 141 Å². The lowest BCUT2D eigenvalue weighted by Crippen LogP contribution is -1.89. The Balaban J connectivity index is 2.49. The predicted molar refractivity (Wildman–Crippen MR) is 82.7 cm³/mol. The molecule has 0 unspecified atom stereocenters. The lowest BCUT2D eigenvalue weighted by atomic mass is 10.2. The van der Waals surface area contributed by atoms with Gasteiger partial charge in [-0.15, -0.1) is 10.2 Å². The molecule has 3 N–H and O–H groups in total. The number of phenolic OH excluding ortho intramolecular Hbond substituents is 3. The summed E-state index contributed by atoms with van der Waals surface area (Å²) in [6.07, 6.45) is 0. The Morgan fingerprint density at radius 3 is 2.22 bits per heavy atom. The van der Waals surface area contributed by atoms with Crippen LogP contribution in [0.15, 0.2) is 39.5 Å². The van der Waals surface area contributed by atoms with Gasteiger partial charge in [0.15, 0.2) is 0 Å². The summed E-state index contributed by atoms with van der Waals surface area (Å²) >= 11 is 0. The van der Waals surface area contributed by atoms with Gasteiger partial charge in [-0.3, -0.25) is 15.1 Å². The maximum absolute atomic E-state index is 10.9. The van der Waals surface area contributed by atoms with Crippen molar-refractivity contribution in [3.05, 3.63) is 39.9 Å². The molecule has 0 amide bonds. The van der Waals surface area contributed by atoms with Crippen molar-refractivity contribution in [2.24, 2.45) is 15.2 Å². The van der Waals surface area contributed by atoms with E-state index in [0.29, 0.717) is 5.56 Å². The number of hydrogen-bond donors (Lipinski definition) is 3. The van der Waals surface area contributed by atoms with E-state index in [-0.39, 0.29) is 28.6 Å². The summed E-state index contributed by atoms with van der Waals surface area (Å²) in [5.74, 6) is -1.30. The molecule has 0 bridgehead atoms. The van der Waals surface area contributed by atoms with E-state index < -0.39 is 16.4 Å². The number of benzene rings is 2. The highest BCUT2D eigenvalue weighted by molar-refractivity contribution is 5.68. The zero-order chi connectivity index (χ0) is 17.1. The fourth-order valence-electron chi connectivity index (χ4n) is 1.83. The van der Waals surface area contributed by atoms with E-state index in [9.17, 15) is 25.4 Å². The van der Waals surface area contributed by atoms with Crippen LogP contribution < -0.4 is 0 Å². The number of aliphatic imine (C=N–C) groups is 1. The van der Waals surface area contributed by atoms with Crippen LogP contribution in [0.5, 0.6) is 17.2 Å². The SMILES string of the molecule is C=Nc1cc(N=Nc2cc(C)cc([N+](=O)[O-])c2O)c(O)cc1O. The number of aromatic hydroxyl groups is 3. The highest BCUT2D eigenvalue weighted by atomic mass is 16.6. The molecule has 0 radical (unpaired) electrons. The van der Waals surface area contributed by atoms with Crippen molar-refractivity contribution in [1.82, 2.24) is 0 Å². The molecule has 0 fully saturated rings. The highest BCUT2D eigenvalue weighted by Gasteiger charge is 2.18. The Bertz CT molecular complexity index is 832. The van der Waals surface area contributed by atoms with Gasteiger partial charge in [-0.05, 0) is 31.3 Å². The van der Waals surface area contributed by atoms with Crippen molar-refractivity contribution in [1.29, 1.82) is 0 Å². The van der Waals surface area contributed by atoms with Crippen LogP contribution in [0.2, 0.25) is 0 Å². The predicted octanol–water partition coefficient (Wildman–Crippen LogP) is 3.77. The van der Waals surface area contributed by atoms with Crippen LogP contribution in [0.4, 0.5) is 22.7 Å². The quantitative estimate of drug-likeness (QED) is 0.341. The van der Waals surface area contributed by atoms with E-state index in [1.807, 2.05) is 0 Å². The van der Waals surface area contributed by atoms with Crippen LogP contribution in [0.3, 0.4) is 0 Å². The monoisotopic (exact) mass is 316 g/mol. The highest BCUT2D eigenvalue weighted by Crippen LogP contribution is 2.41. The summed E-state index contributed by atoms with van der Waals surface area (Å²) in [5.41, 5.74) is -0.0867. The van der Waals surface area contributed by atoms with E-state index in [2.05, 4.69) is 21.9 Å². The molecule has 0 saturated heterocycles. The lowest BCUT2D eigenvalue weighted by molar-refractivity contribution is -0.385. The van der Waals surface area contributed by atoms with Crippen molar-refractivity contribution in [3.8, 4) is 17.2 Å². The minimum absolute atomic E-state index is 0.0474. The van der Waals surface area contributed by atoms with Crippen molar-refractivity contribution >= 4 is 29.5 Å². The van der Waals surface area contributed by atoms with Crippen molar-refractivity contribution < 1.29 is 20.2 Å². The first-order valence-corrected chi connectivity index (χ1v) is 6.26. The van der Waals surface area contributed by atoms with Gasteiger partial charge >= 0.3 is 5.69 Å². The van der Waals surface area contributed by atoms with Gasteiger partial charge in [0.05, 0.1) is 4.92 Å². The smallest absolute Gasteiger partial charge is 0.313 e. The van der Waals surface area contributed by atoms with Gasteiger partial charge in [-0.1, -0.05) is 0 Å². The molecule has 0 aliphatic heterocycles. The largest absolute Gasteiger partial charge is 0.506 e. The Morgan fingerprint density at radius 1 is 1.00 bits per heavy atom. The molecule has 9 heteroatoms. The molecule has 0 saturated carbocycles. The molecule has 2 rings (SSSR count). The second kappa shape index (κ2) is 6.10.